The Morgan fingerprint density at radius 2 is 1.00 bits per heavy atom. The zero-order valence-electron chi connectivity index (χ0n) is 27.5. The summed E-state index contributed by atoms with van der Waals surface area (Å²) in [5, 5.41) is 13.5. The molecule has 6 aromatic rings. The molecule has 4 aromatic carbocycles. The monoisotopic (exact) mass is 714 g/mol. The van der Waals surface area contributed by atoms with Crippen molar-refractivity contribution >= 4 is 31.7 Å². The highest BCUT2D eigenvalue weighted by Crippen LogP contribution is 2.30. The fraction of sp³-hybridized carbons (Fsp3) is 0.167. The van der Waals surface area contributed by atoms with Gasteiger partial charge in [-0.25, -0.2) is 16.8 Å². The molecule has 0 fully saturated rings. The third kappa shape index (κ3) is 9.30. The average molecular weight is 715 g/mol. The van der Waals surface area contributed by atoms with Crippen LogP contribution in [-0.4, -0.2) is 50.4 Å². The number of nitrogens with zero attached hydrogens (tertiary/aromatic N) is 2. The molecule has 0 aliphatic heterocycles. The summed E-state index contributed by atoms with van der Waals surface area (Å²) in [6.45, 7) is 5.31. The molecule has 0 saturated carbocycles. The van der Waals surface area contributed by atoms with Crippen molar-refractivity contribution in [1.82, 2.24) is 20.4 Å². The van der Waals surface area contributed by atoms with Gasteiger partial charge >= 0.3 is 0 Å². The average Bonchev–Trinajstić information content (AvgIpc) is 3.79. The molecule has 0 saturated heterocycles. The van der Waals surface area contributed by atoms with E-state index in [4.69, 9.17) is 9.47 Å². The first-order valence-electron chi connectivity index (χ1n) is 15.9. The van der Waals surface area contributed by atoms with Gasteiger partial charge in [0.1, 0.15) is 11.5 Å². The van der Waals surface area contributed by atoms with E-state index in [1.165, 1.54) is 24.3 Å². The molecule has 4 N–H and O–H groups in total. The number of rotatable bonds is 14. The number of aromatic nitrogens is 4. The van der Waals surface area contributed by atoms with E-state index in [0.717, 1.165) is 35.5 Å². The molecule has 12 nitrogen and oxygen atoms in total. The Labute approximate surface area is 292 Å². The fourth-order valence-corrected chi connectivity index (χ4v) is 6.80. The maximum Gasteiger partial charge on any atom is 0.263 e. The summed E-state index contributed by atoms with van der Waals surface area (Å²) in [5.41, 5.74) is 3.01. The van der Waals surface area contributed by atoms with Crippen LogP contribution in [0.25, 0.3) is 22.3 Å². The Morgan fingerprint density at radius 1 is 0.580 bits per heavy atom. The fourth-order valence-electron chi connectivity index (χ4n) is 4.71. The quantitative estimate of drug-likeness (QED) is 0.0851. The van der Waals surface area contributed by atoms with Crippen molar-refractivity contribution in [3.8, 4) is 33.8 Å². The van der Waals surface area contributed by atoms with Gasteiger partial charge in [-0.05, 0) is 73.0 Å². The molecular weight excluding hydrogens is 677 g/mol. The van der Waals surface area contributed by atoms with Crippen LogP contribution in [-0.2, 0) is 20.0 Å². The highest BCUT2D eigenvalue weighted by atomic mass is 32.2. The molecule has 260 valence electrons. The van der Waals surface area contributed by atoms with Crippen molar-refractivity contribution in [1.29, 1.82) is 0 Å². The number of benzene rings is 4. The third-order valence-corrected chi connectivity index (χ3v) is 9.97. The minimum absolute atomic E-state index is 0.186. The van der Waals surface area contributed by atoms with Crippen molar-refractivity contribution in [2.24, 2.45) is 0 Å². The number of hydrogen-bond donors (Lipinski definition) is 4. The highest BCUT2D eigenvalue weighted by molar-refractivity contribution is 7.93. The predicted molar refractivity (Wildman–Crippen MR) is 194 cm³/mol. The molecule has 0 aliphatic rings. The standard InChI is InChI=1S/C19H21N3O3S.C17H17N3O3S/c1-2-3-13-25-16-11-9-15(10-12-16)18-14-20-21-19(18)22-26(23,24)17-7-5-4-6-8-17;1-2-23-14-10-8-13(9-11-14)16-12-18-19-17(16)20-24(21,22)15-6-4-3-5-7-15/h4-12,14H,2-3,13H2,1H3,(H2,20,21,22);3-12H,2H2,1H3,(H2,18,19,20). The highest BCUT2D eigenvalue weighted by Gasteiger charge is 2.19. The SMILES string of the molecule is CCCCOc1ccc(-c2c[nH]nc2NS(=O)(=O)c2ccccc2)cc1.CCOc1ccc(-c2c[nH]nc2NS(=O)(=O)c2ccccc2)cc1. The minimum atomic E-state index is -3.69. The molecular formula is C36H38N6O6S2. The van der Waals surface area contributed by atoms with Gasteiger partial charge in [-0.1, -0.05) is 74.0 Å². The van der Waals surface area contributed by atoms with E-state index >= 15 is 0 Å². The van der Waals surface area contributed by atoms with Crippen LogP contribution in [0, 0.1) is 0 Å². The number of nitrogens with one attached hydrogen (secondary N) is 4. The summed E-state index contributed by atoms with van der Waals surface area (Å²) in [6, 6.07) is 31.3. The van der Waals surface area contributed by atoms with E-state index in [2.05, 4.69) is 36.8 Å². The number of aromatic amines is 2. The van der Waals surface area contributed by atoms with E-state index in [0.29, 0.717) is 24.3 Å². The van der Waals surface area contributed by atoms with Gasteiger partial charge in [0.15, 0.2) is 11.6 Å². The first-order valence-corrected chi connectivity index (χ1v) is 18.9. The summed E-state index contributed by atoms with van der Waals surface area (Å²) in [6.07, 6.45) is 5.40. The summed E-state index contributed by atoms with van der Waals surface area (Å²) in [4.78, 5) is 0.374. The minimum Gasteiger partial charge on any atom is -0.494 e. The van der Waals surface area contributed by atoms with Crippen molar-refractivity contribution in [3.05, 3.63) is 122 Å². The summed E-state index contributed by atoms with van der Waals surface area (Å²) >= 11 is 0. The molecule has 0 radical (unpaired) electrons. The van der Waals surface area contributed by atoms with Crippen molar-refractivity contribution in [3.63, 3.8) is 0 Å². The van der Waals surface area contributed by atoms with Gasteiger partial charge in [-0.2, -0.15) is 10.2 Å². The molecule has 2 heterocycles. The van der Waals surface area contributed by atoms with Crippen LogP contribution in [0.1, 0.15) is 26.7 Å². The molecule has 50 heavy (non-hydrogen) atoms. The Morgan fingerprint density at radius 3 is 1.40 bits per heavy atom. The molecule has 2 aromatic heterocycles. The predicted octanol–water partition coefficient (Wildman–Crippen LogP) is 7.33. The van der Waals surface area contributed by atoms with Crippen LogP contribution in [0.4, 0.5) is 11.6 Å². The van der Waals surface area contributed by atoms with Crippen LogP contribution in [0.5, 0.6) is 11.5 Å². The molecule has 0 unspecified atom stereocenters. The van der Waals surface area contributed by atoms with Crippen LogP contribution < -0.4 is 18.9 Å². The van der Waals surface area contributed by atoms with Gasteiger partial charge in [-0.3, -0.25) is 19.6 Å². The number of H-pyrrole nitrogens is 2. The maximum atomic E-state index is 12.5. The zero-order valence-corrected chi connectivity index (χ0v) is 29.2. The van der Waals surface area contributed by atoms with Gasteiger partial charge < -0.3 is 9.47 Å². The third-order valence-electron chi connectivity index (χ3n) is 7.26. The lowest BCUT2D eigenvalue weighted by Gasteiger charge is -2.09. The number of ether oxygens (including phenoxy) is 2. The number of unbranched alkanes of at least 4 members (excludes halogenated alkanes) is 1. The van der Waals surface area contributed by atoms with E-state index in [-0.39, 0.29) is 21.4 Å². The Kier molecular flexibility index (Phi) is 11.9. The Balaban J connectivity index is 0.000000195. The first kappa shape index (κ1) is 35.7. The summed E-state index contributed by atoms with van der Waals surface area (Å²) in [7, 11) is -7.38. The second-order valence-corrected chi connectivity index (χ2v) is 14.2. The van der Waals surface area contributed by atoms with E-state index in [9.17, 15) is 16.8 Å². The lowest BCUT2D eigenvalue weighted by molar-refractivity contribution is 0.309. The Hall–Kier alpha value is -5.60. The van der Waals surface area contributed by atoms with Crippen molar-refractivity contribution in [2.45, 2.75) is 36.5 Å². The number of sulfonamides is 2. The van der Waals surface area contributed by atoms with Gasteiger partial charge in [0.2, 0.25) is 0 Å². The molecule has 14 heteroatoms. The first-order chi connectivity index (χ1) is 24.2. The lowest BCUT2D eigenvalue weighted by atomic mass is 10.1. The van der Waals surface area contributed by atoms with Crippen LogP contribution >= 0.6 is 0 Å². The molecule has 0 bridgehead atoms. The molecule has 6 rings (SSSR count). The topological polar surface area (TPSA) is 168 Å². The maximum absolute atomic E-state index is 12.5. The second kappa shape index (κ2) is 16.7. The lowest BCUT2D eigenvalue weighted by Crippen LogP contribution is -2.13. The molecule has 0 atom stereocenters. The summed E-state index contributed by atoms with van der Waals surface area (Å²) in [5.74, 6) is 2.06. The van der Waals surface area contributed by atoms with Crippen molar-refractivity contribution < 1.29 is 26.3 Å². The largest absolute Gasteiger partial charge is 0.494 e. The van der Waals surface area contributed by atoms with Crippen molar-refractivity contribution in [2.75, 3.05) is 22.7 Å². The van der Waals surface area contributed by atoms with Gasteiger partial charge in [0, 0.05) is 23.5 Å². The van der Waals surface area contributed by atoms with E-state index in [1.807, 2.05) is 55.5 Å². The van der Waals surface area contributed by atoms with Gasteiger partial charge in [-0.15, -0.1) is 0 Å². The van der Waals surface area contributed by atoms with E-state index in [1.54, 1.807) is 48.8 Å². The van der Waals surface area contributed by atoms with E-state index < -0.39 is 20.0 Å². The number of anilines is 2. The van der Waals surface area contributed by atoms with Gasteiger partial charge in [0.25, 0.3) is 20.0 Å². The zero-order chi connectivity index (χ0) is 35.4. The molecule has 0 amide bonds. The smallest absolute Gasteiger partial charge is 0.263 e. The molecule has 0 spiro atoms. The Bertz CT molecular complexity index is 2150. The summed E-state index contributed by atoms with van der Waals surface area (Å²) < 4.78 is 66.0. The second-order valence-electron chi connectivity index (χ2n) is 10.8. The van der Waals surface area contributed by atoms with Gasteiger partial charge in [0.05, 0.1) is 23.0 Å². The number of hydrogen-bond acceptors (Lipinski definition) is 8. The normalized spacial score (nSPS) is 11.2. The van der Waals surface area contributed by atoms with Crippen LogP contribution in [0.3, 0.4) is 0 Å². The molecule has 0 aliphatic carbocycles. The van der Waals surface area contributed by atoms with Crippen LogP contribution in [0.2, 0.25) is 0 Å². The van der Waals surface area contributed by atoms with Crippen LogP contribution in [0.15, 0.2) is 131 Å².